The topological polar surface area (TPSA) is 32.3 Å². The highest BCUT2D eigenvalue weighted by Crippen LogP contribution is 2.34. The Balaban J connectivity index is 1.64. The molecule has 0 aliphatic heterocycles. The Morgan fingerprint density at radius 2 is 2.09 bits per heavy atom. The van der Waals surface area contributed by atoms with Gasteiger partial charge in [-0.3, -0.25) is 9.69 Å². The molecule has 1 aliphatic rings. The third-order valence-electron chi connectivity index (χ3n) is 4.49. The van der Waals surface area contributed by atoms with Crippen LogP contribution in [0, 0.1) is 10.5 Å². The van der Waals surface area contributed by atoms with Crippen LogP contribution in [0.3, 0.4) is 0 Å². The second kappa shape index (κ2) is 7.01. The first kappa shape index (κ1) is 16.5. The number of fused-ring (bicyclic) bond motifs is 1. The van der Waals surface area contributed by atoms with E-state index in [2.05, 4.69) is 63.1 Å². The summed E-state index contributed by atoms with van der Waals surface area (Å²) in [5, 5.41) is 3.03. The largest absolute Gasteiger partial charge is 0.325 e. The first-order valence-electron chi connectivity index (χ1n) is 7.88. The van der Waals surface area contributed by atoms with E-state index >= 15 is 0 Å². The van der Waals surface area contributed by atoms with Gasteiger partial charge in [0.1, 0.15) is 0 Å². The van der Waals surface area contributed by atoms with Crippen molar-refractivity contribution in [3.05, 3.63) is 62.7 Å². The summed E-state index contributed by atoms with van der Waals surface area (Å²) < 4.78 is 1.18. The fourth-order valence-corrected chi connectivity index (χ4v) is 3.93. The van der Waals surface area contributed by atoms with Crippen LogP contribution >= 0.6 is 22.6 Å². The monoisotopic (exact) mass is 420 g/mol. The average molecular weight is 420 g/mol. The van der Waals surface area contributed by atoms with E-state index < -0.39 is 0 Å². The minimum absolute atomic E-state index is 0.0428. The quantitative estimate of drug-likeness (QED) is 0.754. The van der Waals surface area contributed by atoms with Crippen LogP contribution in [0.1, 0.15) is 29.2 Å². The molecule has 4 heteroatoms. The van der Waals surface area contributed by atoms with Crippen LogP contribution in [0.15, 0.2) is 42.5 Å². The van der Waals surface area contributed by atoms with Gasteiger partial charge in [-0.05, 0) is 84.3 Å². The zero-order valence-electron chi connectivity index (χ0n) is 13.5. The van der Waals surface area contributed by atoms with Crippen molar-refractivity contribution in [2.45, 2.75) is 25.8 Å². The van der Waals surface area contributed by atoms with Gasteiger partial charge in [0.05, 0.1) is 6.54 Å². The van der Waals surface area contributed by atoms with Crippen molar-refractivity contribution >= 4 is 34.2 Å². The summed E-state index contributed by atoms with van der Waals surface area (Å²) >= 11 is 2.28. The molecule has 0 radical (unpaired) electrons. The van der Waals surface area contributed by atoms with Crippen LogP contribution in [0.2, 0.25) is 0 Å². The SMILES string of the molecule is Cc1cc(I)ccc1NC(=O)CN(C)C1CCc2ccccc21. The van der Waals surface area contributed by atoms with Gasteiger partial charge in [0.2, 0.25) is 5.91 Å². The highest BCUT2D eigenvalue weighted by atomic mass is 127. The maximum atomic E-state index is 12.4. The molecule has 0 aromatic heterocycles. The Morgan fingerprint density at radius 1 is 1.30 bits per heavy atom. The maximum Gasteiger partial charge on any atom is 0.238 e. The van der Waals surface area contributed by atoms with Gasteiger partial charge >= 0.3 is 0 Å². The molecule has 3 nitrogen and oxygen atoms in total. The molecular weight excluding hydrogens is 399 g/mol. The predicted octanol–water partition coefficient (Wildman–Crippen LogP) is 4.16. The number of likely N-dealkylation sites (N-methyl/N-ethyl adjacent to an activating group) is 1. The van der Waals surface area contributed by atoms with Crippen LogP contribution in [0.25, 0.3) is 0 Å². The number of carbonyl (C=O) groups excluding carboxylic acids is 1. The number of nitrogens with one attached hydrogen (secondary N) is 1. The number of anilines is 1. The van der Waals surface area contributed by atoms with Gasteiger partial charge in [-0.1, -0.05) is 24.3 Å². The van der Waals surface area contributed by atoms with Crippen molar-refractivity contribution in [1.82, 2.24) is 4.90 Å². The number of hydrogen-bond donors (Lipinski definition) is 1. The molecule has 1 atom stereocenters. The van der Waals surface area contributed by atoms with Crippen LogP contribution in [-0.2, 0) is 11.2 Å². The average Bonchev–Trinajstić information content (AvgIpc) is 2.94. The van der Waals surface area contributed by atoms with Crippen LogP contribution in [0.5, 0.6) is 0 Å². The standard InChI is InChI=1S/C19H21IN2O/c1-13-11-15(20)8-9-17(13)21-19(23)12-22(2)18-10-7-14-5-3-4-6-16(14)18/h3-6,8-9,11,18H,7,10,12H2,1-2H3,(H,21,23). The van der Waals surface area contributed by atoms with E-state index in [-0.39, 0.29) is 5.91 Å². The number of carbonyl (C=O) groups is 1. The molecule has 2 aromatic carbocycles. The Kier molecular flexibility index (Phi) is 5.02. The van der Waals surface area contributed by atoms with Gasteiger partial charge in [0.15, 0.2) is 0 Å². The Hall–Kier alpha value is -1.40. The second-order valence-corrected chi connectivity index (χ2v) is 7.42. The zero-order chi connectivity index (χ0) is 16.4. The molecule has 0 saturated heterocycles. The Bertz CT molecular complexity index is 729. The molecule has 0 bridgehead atoms. The Morgan fingerprint density at radius 3 is 2.87 bits per heavy atom. The molecule has 2 aromatic rings. The summed E-state index contributed by atoms with van der Waals surface area (Å²) in [6.07, 6.45) is 2.19. The molecule has 1 amide bonds. The van der Waals surface area contributed by atoms with Crippen LogP contribution in [-0.4, -0.2) is 24.4 Å². The van der Waals surface area contributed by atoms with Gasteiger partial charge in [-0.15, -0.1) is 0 Å². The van der Waals surface area contributed by atoms with E-state index in [0.29, 0.717) is 12.6 Å². The van der Waals surface area contributed by atoms with Crippen molar-refractivity contribution in [3.63, 3.8) is 0 Å². The smallest absolute Gasteiger partial charge is 0.238 e. The van der Waals surface area contributed by atoms with Crippen molar-refractivity contribution in [1.29, 1.82) is 0 Å². The summed E-state index contributed by atoms with van der Waals surface area (Å²) in [6.45, 7) is 2.43. The number of rotatable bonds is 4. The zero-order valence-corrected chi connectivity index (χ0v) is 15.6. The number of hydrogen-bond acceptors (Lipinski definition) is 2. The fourth-order valence-electron chi connectivity index (χ4n) is 3.29. The van der Waals surface area contributed by atoms with Gasteiger partial charge in [-0.25, -0.2) is 0 Å². The number of amides is 1. The van der Waals surface area contributed by atoms with Crippen molar-refractivity contribution in [2.75, 3.05) is 18.9 Å². The van der Waals surface area contributed by atoms with E-state index in [9.17, 15) is 4.79 Å². The lowest BCUT2D eigenvalue weighted by molar-refractivity contribution is -0.117. The van der Waals surface area contributed by atoms with Gasteiger partial charge < -0.3 is 5.32 Å². The van der Waals surface area contributed by atoms with Crippen LogP contribution < -0.4 is 5.32 Å². The van der Waals surface area contributed by atoms with E-state index in [4.69, 9.17) is 0 Å². The number of halogens is 1. The molecular formula is C19H21IN2O. The fraction of sp³-hybridized carbons (Fsp3) is 0.316. The first-order chi connectivity index (χ1) is 11.0. The second-order valence-electron chi connectivity index (χ2n) is 6.18. The van der Waals surface area contributed by atoms with Gasteiger partial charge in [-0.2, -0.15) is 0 Å². The minimum atomic E-state index is 0.0428. The highest BCUT2D eigenvalue weighted by molar-refractivity contribution is 14.1. The molecule has 0 fully saturated rings. The van der Waals surface area contributed by atoms with Crippen molar-refractivity contribution in [3.8, 4) is 0 Å². The van der Waals surface area contributed by atoms with E-state index in [1.807, 2.05) is 26.1 Å². The summed E-state index contributed by atoms with van der Waals surface area (Å²) in [4.78, 5) is 14.5. The minimum Gasteiger partial charge on any atom is -0.325 e. The van der Waals surface area contributed by atoms with Gasteiger partial charge in [0.25, 0.3) is 0 Å². The molecule has 1 unspecified atom stereocenters. The van der Waals surface area contributed by atoms with E-state index in [0.717, 1.165) is 24.1 Å². The van der Waals surface area contributed by atoms with Crippen LogP contribution in [0.4, 0.5) is 5.69 Å². The molecule has 1 aliphatic carbocycles. The van der Waals surface area contributed by atoms with Gasteiger partial charge in [0, 0.05) is 15.3 Å². The third-order valence-corrected chi connectivity index (χ3v) is 5.16. The lowest BCUT2D eigenvalue weighted by atomic mass is 10.1. The molecule has 0 saturated carbocycles. The molecule has 0 heterocycles. The highest BCUT2D eigenvalue weighted by Gasteiger charge is 2.26. The molecule has 23 heavy (non-hydrogen) atoms. The predicted molar refractivity (Wildman–Crippen MR) is 103 cm³/mol. The molecule has 0 spiro atoms. The summed E-state index contributed by atoms with van der Waals surface area (Å²) in [5.74, 6) is 0.0428. The molecule has 120 valence electrons. The van der Waals surface area contributed by atoms with E-state index in [1.165, 1.54) is 14.7 Å². The normalized spacial score (nSPS) is 16.4. The summed E-state index contributed by atoms with van der Waals surface area (Å²) in [5.41, 5.74) is 4.78. The van der Waals surface area contributed by atoms with Crippen molar-refractivity contribution < 1.29 is 4.79 Å². The number of benzene rings is 2. The Labute approximate surface area is 151 Å². The third kappa shape index (κ3) is 3.75. The summed E-state index contributed by atoms with van der Waals surface area (Å²) in [7, 11) is 2.03. The first-order valence-corrected chi connectivity index (χ1v) is 8.96. The molecule has 3 rings (SSSR count). The van der Waals surface area contributed by atoms with Crippen molar-refractivity contribution in [2.24, 2.45) is 0 Å². The summed E-state index contributed by atoms with van der Waals surface area (Å²) in [6, 6.07) is 15.0. The maximum absolute atomic E-state index is 12.4. The number of nitrogens with zero attached hydrogens (tertiary/aromatic N) is 1. The molecule has 1 N–H and O–H groups in total. The number of aryl methyl sites for hydroxylation is 2. The lowest BCUT2D eigenvalue weighted by Gasteiger charge is -2.24. The lowest BCUT2D eigenvalue weighted by Crippen LogP contribution is -2.32. The van der Waals surface area contributed by atoms with E-state index in [1.54, 1.807) is 0 Å².